The summed E-state index contributed by atoms with van der Waals surface area (Å²) in [4.78, 5) is 11.5. The molecular weight excluding hydrogens is 214 g/mol. The number of carbonyl (C=O) groups excluding carboxylic acids is 1. The summed E-state index contributed by atoms with van der Waals surface area (Å²) in [6.45, 7) is 6.24. The smallest absolute Gasteiger partial charge is 0.328 e. The Labute approximate surface area is 103 Å². The van der Waals surface area contributed by atoms with Crippen LogP contribution in [-0.2, 0) is 9.53 Å². The molecule has 0 saturated heterocycles. The number of hydrogen-bond acceptors (Lipinski definition) is 3. The van der Waals surface area contributed by atoms with Crippen molar-refractivity contribution in [3.63, 3.8) is 0 Å². The van der Waals surface area contributed by atoms with Crippen LogP contribution in [0, 0.1) is 0 Å². The van der Waals surface area contributed by atoms with Crippen molar-refractivity contribution in [2.45, 2.75) is 39.2 Å². The highest BCUT2D eigenvalue weighted by Crippen LogP contribution is 2.24. The lowest BCUT2D eigenvalue weighted by Crippen LogP contribution is -2.30. The zero-order valence-electron chi connectivity index (χ0n) is 11.0. The molecule has 17 heavy (non-hydrogen) atoms. The molecule has 0 aromatic heterocycles. The highest BCUT2D eigenvalue weighted by atomic mass is 16.5. The van der Waals surface area contributed by atoms with Gasteiger partial charge in [0.25, 0.3) is 0 Å². The maximum absolute atomic E-state index is 11.5. The van der Waals surface area contributed by atoms with Crippen molar-refractivity contribution in [3.8, 4) is 0 Å². The molecule has 1 atom stereocenters. The third kappa shape index (κ3) is 3.48. The summed E-state index contributed by atoms with van der Waals surface area (Å²) >= 11 is 0. The van der Waals surface area contributed by atoms with Crippen molar-refractivity contribution in [3.05, 3.63) is 29.8 Å². The van der Waals surface area contributed by atoms with Gasteiger partial charge in [0, 0.05) is 5.69 Å². The first-order chi connectivity index (χ1) is 8.10. The molecule has 1 unspecified atom stereocenters. The highest BCUT2D eigenvalue weighted by Gasteiger charge is 2.18. The van der Waals surface area contributed by atoms with Crippen molar-refractivity contribution in [1.82, 2.24) is 0 Å². The van der Waals surface area contributed by atoms with Crippen molar-refractivity contribution in [2.75, 3.05) is 12.4 Å². The first-order valence-corrected chi connectivity index (χ1v) is 6.03. The fourth-order valence-electron chi connectivity index (χ4n) is 1.79. The second-order valence-electron chi connectivity index (χ2n) is 4.37. The summed E-state index contributed by atoms with van der Waals surface area (Å²) in [5.74, 6) is 0.208. The van der Waals surface area contributed by atoms with E-state index in [-0.39, 0.29) is 12.0 Å². The number of esters is 1. The molecule has 3 heteroatoms. The summed E-state index contributed by atoms with van der Waals surface area (Å²) < 4.78 is 4.77. The summed E-state index contributed by atoms with van der Waals surface area (Å²) in [6, 6.07) is 7.79. The zero-order valence-corrected chi connectivity index (χ0v) is 11.0. The van der Waals surface area contributed by atoms with Crippen LogP contribution in [0.2, 0.25) is 0 Å². The van der Waals surface area contributed by atoms with Crippen LogP contribution in [0.1, 0.15) is 38.7 Å². The lowest BCUT2D eigenvalue weighted by molar-refractivity contribution is -0.141. The van der Waals surface area contributed by atoms with Gasteiger partial charge in [0.2, 0.25) is 0 Å². The van der Waals surface area contributed by atoms with E-state index in [1.165, 1.54) is 12.7 Å². The van der Waals surface area contributed by atoms with Gasteiger partial charge < -0.3 is 10.1 Å². The average Bonchev–Trinajstić information content (AvgIpc) is 2.35. The van der Waals surface area contributed by atoms with Gasteiger partial charge in [0.1, 0.15) is 6.04 Å². The van der Waals surface area contributed by atoms with E-state index in [4.69, 9.17) is 4.74 Å². The maximum atomic E-state index is 11.5. The molecule has 0 aliphatic heterocycles. The van der Waals surface area contributed by atoms with E-state index < -0.39 is 0 Å². The molecule has 0 radical (unpaired) electrons. The second-order valence-corrected chi connectivity index (χ2v) is 4.37. The van der Waals surface area contributed by atoms with E-state index in [2.05, 4.69) is 25.2 Å². The van der Waals surface area contributed by atoms with Gasteiger partial charge >= 0.3 is 5.97 Å². The second kappa shape index (κ2) is 6.28. The van der Waals surface area contributed by atoms with Gasteiger partial charge in [-0.1, -0.05) is 39.0 Å². The molecule has 0 saturated carbocycles. The number of hydrogen-bond donors (Lipinski definition) is 1. The molecule has 1 aromatic rings. The van der Waals surface area contributed by atoms with Gasteiger partial charge in [-0.2, -0.15) is 0 Å². The molecule has 3 nitrogen and oxygen atoms in total. The Morgan fingerprint density at radius 1 is 1.35 bits per heavy atom. The van der Waals surface area contributed by atoms with E-state index in [1.54, 1.807) is 0 Å². The Morgan fingerprint density at radius 2 is 2.00 bits per heavy atom. The highest BCUT2D eigenvalue weighted by molar-refractivity contribution is 5.79. The van der Waals surface area contributed by atoms with E-state index in [9.17, 15) is 4.79 Å². The number of para-hydroxylation sites is 1. The molecule has 0 spiro atoms. The fourth-order valence-corrected chi connectivity index (χ4v) is 1.79. The molecule has 0 aliphatic carbocycles. The van der Waals surface area contributed by atoms with Crippen LogP contribution in [0.15, 0.2) is 24.3 Å². The van der Waals surface area contributed by atoms with Crippen molar-refractivity contribution in [2.24, 2.45) is 0 Å². The first-order valence-electron chi connectivity index (χ1n) is 6.03. The summed E-state index contributed by atoms with van der Waals surface area (Å²) in [5, 5.41) is 3.25. The molecule has 0 aliphatic rings. The quantitative estimate of drug-likeness (QED) is 0.797. The number of methoxy groups -OCH3 is 1. The van der Waals surface area contributed by atoms with Crippen molar-refractivity contribution >= 4 is 11.7 Å². The number of carbonyl (C=O) groups is 1. The van der Waals surface area contributed by atoms with Gasteiger partial charge in [-0.25, -0.2) is 4.79 Å². The Balaban J connectivity index is 2.89. The minimum absolute atomic E-state index is 0.217. The minimum Gasteiger partial charge on any atom is -0.467 e. The summed E-state index contributed by atoms with van der Waals surface area (Å²) in [7, 11) is 1.42. The molecular formula is C14H21NO2. The summed E-state index contributed by atoms with van der Waals surface area (Å²) in [5.41, 5.74) is 2.23. The zero-order chi connectivity index (χ0) is 12.8. The maximum Gasteiger partial charge on any atom is 0.328 e. The van der Waals surface area contributed by atoms with Crippen LogP contribution in [0.5, 0.6) is 0 Å². The van der Waals surface area contributed by atoms with Crippen LogP contribution in [0.3, 0.4) is 0 Å². The van der Waals surface area contributed by atoms with Gasteiger partial charge in [-0.05, 0) is 24.0 Å². The van der Waals surface area contributed by atoms with Crippen LogP contribution >= 0.6 is 0 Å². The Kier molecular flexibility index (Phi) is 5.01. The van der Waals surface area contributed by atoms with Crippen LogP contribution < -0.4 is 5.32 Å². The van der Waals surface area contributed by atoms with Crippen LogP contribution in [0.25, 0.3) is 0 Å². The van der Waals surface area contributed by atoms with Gasteiger partial charge in [-0.15, -0.1) is 0 Å². The van der Waals surface area contributed by atoms with Gasteiger partial charge in [0.05, 0.1) is 7.11 Å². The van der Waals surface area contributed by atoms with E-state index in [0.29, 0.717) is 12.3 Å². The molecule has 0 bridgehead atoms. The molecule has 1 aromatic carbocycles. The standard InChI is InChI=1S/C14H21NO2/c1-5-12(14(16)17-4)15-13-9-7-6-8-11(13)10(2)3/h6-10,12,15H,5H2,1-4H3. The van der Waals surface area contributed by atoms with Crippen molar-refractivity contribution < 1.29 is 9.53 Å². The SMILES string of the molecule is CCC(Nc1ccccc1C(C)C)C(=O)OC. The molecule has 0 fully saturated rings. The van der Waals surface area contributed by atoms with Crippen molar-refractivity contribution in [1.29, 1.82) is 0 Å². The fraction of sp³-hybridized carbons (Fsp3) is 0.500. The molecule has 0 heterocycles. The first kappa shape index (κ1) is 13.6. The number of nitrogens with one attached hydrogen (secondary N) is 1. The Morgan fingerprint density at radius 3 is 2.53 bits per heavy atom. The normalized spacial score (nSPS) is 12.3. The van der Waals surface area contributed by atoms with E-state index >= 15 is 0 Å². The van der Waals surface area contributed by atoms with Gasteiger partial charge in [0.15, 0.2) is 0 Å². The number of anilines is 1. The number of ether oxygens (including phenoxy) is 1. The van der Waals surface area contributed by atoms with Gasteiger partial charge in [-0.3, -0.25) is 0 Å². The number of rotatable bonds is 5. The Bertz CT molecular complexity index is 374. The molecule has 0 amide bonds. The summed E-state index contributed by atoms with van der Waals surface area (Å²) in [6.07, 6.45) is 0.707. The third-order valence-electron chi connectivity index (χ3n) is 2.81. The largest absolute Gasteiger partial charge is 0.467 e. The van der Waals surface area contributed by atoms with E-state index in [1.807, 2.05) is 25.1 Å². The van der Waals surface area contributed by atoms with Crippen LogP contribution in [0.4, 0.5) is 5.69 Å². The topological polar surface area (TPSA) is 38.3 Å². The Hall–Kier alpha value is -1.51. The van der Waals surface area contributed by atoms with Crippen LogP contribution in [-0.4, -0.2) is 19.1 Å². The van der Waals surface area contributed by atoms with E-state index in [0.717, 1.165) is 5.69 Å². The molecule has 94 valence electrons. The lowest BCUT2D eigenvalue weighted by Gasteiger charge is -2.19. The lowest BCUT2D eigenvalue weighted by atomic mass is 10.0. The molecule has 1 N–H and O–H groups in total. The predicted molar refractivity (Wildman–Crippen MR) is 70.2 cm³/mol. The predicted octanol–water partition coefficient (Wildman–Crippen LogP) is 3.17. The number of benzene rings is 1. The average molecular weight is 235 g/mol. The third-order valence-corrected chi connectivity index (χ3v) is 2.81. The monoisotopic (exact) mass is 235 g/mol. The minimum atomic E-state index is -0.278. The molecule has 1 rings (SSSR count).